The molecule has 0 saturated heterocycles. The van der Waals surface area contributed by atoms with Crippen LogP contribution in [0.3, 0.4) is 0 Å². The van der Waals surface area contributed by atoms with Crippen molar-refractivity contribution in [3.63, 3.8) is 0 Å². The molecule has 0 aliphatic carbocycles. The Hall–Kier alpha value is -3.72. The van der Waals surface area contributed by atoms with Crippen LogP contribution in [0.5, 0.6) is 17.2 Å². The lowest BCUT2D eigenvalue weighted by Crippen LogP contribution is -2.41. The molecule has 3 aromatic carbocycles. The maximum atomic E-state index is 13.5. The maximum Gasteiger partial charge on any atom is 0.264 e. The molecule has 8 nitrogen and oxygen atoms in total. The smallest absolute Gasteiger partial charge is 0.264 e. The molecular formula is C28H32N2O6S. The van der Waals surface area contributed by atoms with E-state index in [0.717, 1.165) is 22.0 Å². The number of hydrogen-bond donors (Lipinski definition) is 1. The van der Waals surface area contributed by atoms with Crippen molar-refractivity contribution in [1.82, 2.24) is 5.32 Å². The van der Waals surface area contributed by atoms with Gasteiger partial charge in [0.05, 0.1) is 16.7 Å². The van der Waals surface area contributed by atoms with Crippen LogP contribution in [0.25, 0.3) is 0 Å². The van der Waals surface area contributed by atoms with Crippen LogP contribution in [0, 0.1) is 0 Å². The number of ether oxygens (including phenoxy) is 3. The van der Waals surface area contributed by atoms with Gasteiger partial charge in [0.1, 0.15) is 25.5 Å². The highest BCUT2D eigenvalue weighted by molar-refractivity contribution is 7.92. The van der Waals surface area contributed by atoms with Gasteiger partial charge in [0.2, 0.25) is 5.91 Å². The molecule has 1 aliphatic rings. The lowest BCUT2D eigenvalue weighted by molar-refractivity contribution is -0.119. The molecule has 1 heterocycles. The normalized spacial score (nSPS) is 12.7. The molecule has 1 N–H and O–H groups in total. The van der Waals surface area contributed by atoms with E-state index in [1.807, 2.05) is 38.1 Å². The van der Waals surface area contributed by atoms with Crippen LogP contribution in [-0.4, -0.2) is 46.7 Å². The topological polar surface area (TPSA) is 94.2 Å². The third-order valence-electron chi connectivity index (χ3n) is 5.69. The van der Waals surface area contributed by atoms with Crippen LogP contribution in [0.2, 0.25) is 0 Å². The van der Waals surface area contributed by atoms with Gasteiger partial charge in [-0.15, -0.1) is 0 Å². The second-order valence-corrected chi connectivity index (χ2v) is 10.8. The molecule has 9 heteroatoms. The summed E-state index contributed by atoms with van der Waals surface area (Å²) in [5.41, 5.74) is 1.46. The minimum Gasteiger partial charge on any atom is -0.491 e. The van der Waals surface area contributed by atoms with Crippen molar-refractivity contribution in [1.29, 1.82) is 0 Å². The van der Waals surface area contributed by atoms with Crippen LogP contribution in [0.1, 0.15) is 25.8 Å². The highest BCUT2D eigenvalue weighted by Crippen LogP contribution is 2.35. The van der Waals surface area contributed by atoms with Gasteiger partial charge >= 0.3 is 0 Å². The number of aryl methyl sites for hydroxylation is 1. The summed E-state index contributed by atoms with van der Waals surface area (Å²) in [6.45, 7) is 4.82. The lowest BCUT2D eigenvalue weighted by atomic mass is 10.1. The summed E-state index contributed by atoms with van der Waals surface area (Å²) in [4.78, 5) is 13.0. The van der Waals surface area contributed by atoms with E-state index in [0.29, 0.717) is 43.4 Å². The summed E-state index contributed by atoms with van der Waals surface area (Å²) in [7, 11) is -4.00. The van der Waals surface area contributed by atoms with Crippen molar-refractivity contribution in [2.45, 2.75) is 37.7 Å². The zero-order valence-corrected chi connectivity index (χ0v) is 21.9. The molecule has 1 amide bonds. The number of carbonyl (C=O) groups excluding carboxylic acids is 1. The van der Waals surface area contributed by atoms with Gasteiger partial charge in [-0.3, -0.25) is 9.10 Å². The fourth-order valence-electron chi connectivity index (χ4n) is 3.94. The first kappa shape index (κ1) is 26.3. The number of anilines is 1. The molecule has 0 unspecified atom stereocenters. The second-order valence-electron chi connectivity index (χ2n) is 8.92. The van der Waals surface area contributed by atoms with Crippen LogP contribution in [0.15, 0.2) is 77.7 Å². The van der Waals surface area contributed by atoms with E-state index in [2.05, 4.69) is 5.32 Å². The first-order chi connectivity index (χ1) is 17.8. The minimum atomic E-state index is -4.00. The summed E-state index contributed by atoms with van der Waals surface area (Å²) in [6.07, 6.45) is 1.61. The van der Waals surface area contributed by atoms with Crippen LogP contribution in [0.4, 0.5) is 5.69 Å². The SMILES string of the molecule is CC(C)Oc1ccc(CCCNC(=O)CN(c2ccc3c(c2)OCCO3)S(=O)(=O)c2ccccc2)cc1. The van der Waals surface area contributed by atoms with E-state index in [1.54, 1.807) is 36.4 Å². The Morgan fingerprint density at radius 1 is 0.973 bits per heavy atom. The van der Waals surface area contributed by atoms with Gasteiger partial charge in [-0.25, -0.2) is 8.42 Å². The highest BCUT2D eigenvalue weighted by Gasteiger charge is 2.28. The standard InChI is InChI=1S/C28H32N2O6S/c1-21(2)36-24-13-10-22(11-14-24)7-6-16-29-28(31)20-30(37(32,33)25-8-4-3-5-9-25)23-12-15-26-27(19-23)35-18-17-34-26/h3-5,8-15,19,21H,6-7,16-18,20H2,1-2H3,(H,29,31). The fraction of sp³-hybridized carbons (Fsp3) is 0.321. The number of sulfonamides is 1. The Balaban J connectivity index is 1.41. The van der Waals surface area contributed by atoms with Crippen molar-refractivity contribution < 1.29 is 27.4 Å². The molecule has 0 spiro atoms. The van der Waals surface area contributed by atoms with Crippen molar-refractivity contribution in [2.75, 3.05) is 30.6 Å². The third-order valence-corrected chi connectivity index (χ3v) is 7.48. The number of nitrogens with zero attached hydrogens (tertiary/aromatic N) is 1. The first-order valence-electron chi connectivity index (χ1n) is 12.3. The molecular weight excluding hydrogens is 492 g/mol. The van der Waals surface area contributed by atoms with Gasteiger partial charge in [0, 0.05) is 12.6 Å². The number of hydrogen-bond acceptors (Lipinski definition) is 6. The Morgan fingerprint density at radius 3 is 2.38 bits per heavy atom. The van der Waals surface area contributed by atoms with Gasteiger partial charge in [0.15, 0.2) is 11.5 Å². The number of nitrogens with one attached hydrogen (secondary N) is 1. The average Bonchev–Trinajstić information content (AvgIpc) is 2.90. The summed E-state index contributed by atoms with van der Waals surface area (Å²) in [6, 6.07) is 20.8. The van der Waals surface area contributed by atoms with Crippen molar-refractivity contribution in [2.24, 2.45) is 0 Å². The van der Waals surface area contributed by atoms with E-state index in [4.69, 9.17) is 14.2 Å². The Morgan fingerprint density at radius 2 is 1.68 bits per heavy atom. The number of benzene rings is 3. The molecule has 0 bridgehead atoms. The maximum absolute atomic E-state index is 13.5. The van der Waals surface area contributed by atoms with E-state index < -0.39 is 15.9 Å². The van der Waals surface area contributed by atoms with Gasteiger partial charge in [-0.2, -0.15) is 0 Å². The van der Waals surface area contributed by atoms with Crippen LogP contribution in [-0.2, 0) is 21.2 Å². The van der Waals surface area contributed by atoms with Crippen molar-refractivity contribution >= 4 is 21.6 Å². The molecule has 3 aromatic rings. The van der Waals surface area contributed by atoms with Crippen LogP contribution < -0.4 is 23.8 Å². The van der Waals surface area contributed by atoms with Gasteiger partial charge < -0.3 is 19.5 Å². The number of amides is 1. The molecule has 0 fully saturated rings. The van der Waals surface area contributed by atoms with E-state index in [1.165, 1.54) is 12.1 Å². The van der Waals surface area contributed by atoms with E-state index in [-0.39, 0.29) is 17.5 Å². The Bertz CT molecular complexity index is 1290. The zero-order chi connectivity index (χ0) is 26.3. The second kappa shape index (κ2) is 12.0. The largest absolute Gasteiger partial charge is 0.491 e. The molecule has 37 heavy (non-hydrogen) atoms. The average molecular weight is 525 g/mol. The molecule has 1 aliphatic heterocycles. The number of carbonyl (C=O) groups is 1. The number of fused-ring (bicyclic) bond motifs is 1. The third kappa shape index (κ3) is 6.95. The quantitative estimate of drug-likeness (QED) is 0.378. The Labute approximate surface area is 218 Å². The summed E-state index contributed by atoms with van der Waals surface area (Å²) in [5, 5.41) is 2.85. The molecule has 0 atom stereocenters. The minimum absolute atomic E-state index is 0.0996. The van der Waals surface area contributed by atoms with E-state index >= 15 is 0 Å². The molecule has 0 saturated carbocycles. The first-order valence-corrected chi connectivity index (χ1v) is 13.8. The summed E-state index contributed by atoms with van der Waals surface area (Å²) in [5.74, 6) is 1.42. The summed E-state index contributed by atoms with van der Waals surface area (Å²) < 4.78 is 45.0. The lowest BCUT2D eigenvalue weighted by Gasteiger charge is -2.26. The highest BCUT2D eigenvalue weighted by atomic mass is 32.2. The van der Waals surface area contributed by atoms with Crippen LogP contribution >= 0.6 is 0 Å². The van der Waals surface area contributed by atoms with Crippen molar-refractivity contribution in [3.8, 4) is 17.2 Å². The fourth-order valence-corrected chi connectivity index (χ4v) is 5.37. The molecule has 196 valence electrons. The van der Waals surface area contributed by atoms with Gasteiger partial charge in [-0.1, -0.05) is 30.3 Å². The number of rotatable bonds is 11. The van der Waals surface area contributed by atoms with Crippen molar-refractivity contribution in [3.05, 3.63) is 78.4 Å². The summed E-state index contributed by atoms with van der Waals surface area (Å²) >= 11 is 0. The zero-order valence-electron chi connectivity index (χ0n) is 21.1. The predicted octanol–water partition coefficient (Wildman–Crippen LogP) is 4.19. The molecule has 4 rings (SSSR count). The monoisotopic (exact) mass is 524 g/mol. The van der Waals surface area contributed by atoms with Gasteiger partial charge in [0.25, 0.3) is 10.0 Å². The molecule has 0 radical (unpaired) electrons. The van der Waals surface area contributed by atoms with E-state index in [9.17, 15) is 13.2 Å². The molecule has 0 aromatic heterocycles. The Kier molecular flexibility index (Phi) is 8.55. The van der Waals surface area contributed by atoms with Gasteiger partial charge in [-0.05, 0) is 68.7 Å². The predicted molar refractivity (Wildman–Crippen MR) is 142 cm³/mol.